The molecule has 3 aromatic rings. The Bertz CT molecular complexity index is 734. The Morgan fingerprint density at radius 1 is 1.33 bits per heavy atom. The van der Waals surface area contributed by atoms with Gasteiger partial charge in [-0.3, -0.25) is 0 Å². The van der Waals surface area contributed by atoms with Crippen molar-refractivity contribution in [2.75, 3.05) is 5.73 Å². The van der Waals surface area contributed by atoms with Crippen LogP contribution in [0.3, 0.4) is 0 Å². The Morgan fingerprint density at radius 3 is 2.94 bits per heavy atom. The highest BCUT2D eigenvalue weighted by atomic mass is 16.3. The summed E-state index contributed by atoms with van der Waals surface area (Å²) < 4.78 is 1.65. The molecule has 0 spiro atoms. The maximum atomic E-state index is 9.51. The molecule has 0 unspecified atom stereocenters. The minimum atomic E-state index is 0.197. The van der Waals surface area contributed by atoms with Crippen molar-refractivity contribution in [2.45, 2.75) is 0 Å². The molecule has 3 N–H and O–H groups in total. The van der Waals surface area contributed by atoms with Crippen molar-refractivity contribution in [1.82, 2.24) is 19.7 Å². The van der Waals surface area contributed by atoms with Gasteiger partial charge in [-0.2, -0.15) is 10.1 Å². The number of aromatic nitrogens is 4. The zero-order valence-corrected chi connectivity index (χ0v) is 9.70. The Labute approximate surface area is 103 Å². The van der Waals surface area contributed by atoms with Gasteiger partial charge in [0.15, 0.2) is 5.65 Å². The standard InChI is InChI=1S/C12H11N5O/c1-17-11-9(6-14-12(13)15-11)10(16-17)7-3-2-4-8(18)5-7/h2-6,18H,1H3,(H2,13,14,15). The van der Waals surface area contributed by atoms with Crippen LogP contribution in [-0.2, 0) is 7.05 Å². The van der Waals surface area contributed by atoms with Crippen molar-refractivity contribution in [3.05, 3.63) is 30.5 Å². The van der Waals surface area contributed by atoms with Gasteiger partial charge in [0.2, 0.25) is 5.95 Å². The lowest BCUT2D eigenvalue weighted by Gasteiger charge is -1.98. The normalized spacial score (nSPS) is 10.9. The van der Waals surface area contributed by atoms with E-state index in [0.29, 0.717) is 5.65 Å². The van der Waals surface area contributed by atoms with E-state index in [1.54, 1.807) is 36.1 Å². The number of nitrogens with two attached hydrogens (primary N) is 1. The first kappa shape index (κ1) is 10.5. The average molecular weight is 241 g/mol. The first-order chi connectivity index (χ1) is 8.65. The molecule has 6 nitrogen and oxygen atoms in total. The molecule has 18 heavy (non-hydrogen) atoms. The molecule has 90 valence electrons. The largest absolute Gasteiger partial charge is 0.508 e. The first-order valence-corrected chi connectivity index (χ1v) is 5.40. The lowest BCUT2D eigenvalue weighted by atomic mass is 10.1. The second kappa shape index (κ2) is 3.69. The molecular weight excluding hydrogens is 230 g/mol. The van der Waals surface area contributed by atoms with Crippen molar-refractivity contribution < 1.29 is 5.11 Å². The lowest BCUT2D eigenvalue weighted by molar-refractivity contribution is 0.475. The average Bonchev–Trinajstić information content (AvgIpc) is 2.67. The summed E-state index contributed by atoms with van der Waals surface area (Å²) in [5.41, 5.74) is 7.77. The summed E-state index contributed by atoms with van der Waals surface area (Å²) in [5.74, 6) is 0.413. The quantitative estimate of drug-likeness (QED) is 0.670. The molecule has 0 saturated heterocycles. The van der Waals surface area contributed by atoms with Gasteiger partial charge in [-0.05, 0) is 12.1 Å². The topological polar surface area (TPSA) is 89.8 Å². The first-order valence-electron chi connectivity index (χ1n) is 5.40. The summed E-state index contributed by atoms with van der Waals surface area (Å²) in [4.78, 5) is 8.13. The van der Waals surface area contributed by atoms with Crippen LogP contribution in [0.1, 0.15) is 0 Å². The van der Waals surface area contributed by atoms with Gasteiger partial charge in [0.1, 0.15) is 11.4 Å². The van der Waals surface area contributed by atoms with E-state index in [1.165, 1.54) is 0 Å². The molecule has 2 heterocycles. The van der Waals surface area contributed by atoms with Crippen LogP contribution in [0.2, 0.25) is 0 Å². The van der Waals surface area contributed by atoms with Gasteiger partial charge in [0.05, 0.1) is 5.39 Å². The predicted molar refractivity (Wildman–Crippen MR) is 67.8 cm³/mol. The van der Waals surface area contributed by atoms with Crippen LogP contribution in [0, 0.1) is 0 Å². The Hall–Kier alpha value is -2.63. The van der Waals surface area contributed by atoms with E-state index < -0.39 is 0 Å². The molecule has 0 fully saturated rings. The Morgan fingerprint density at radius 2 is 2.17 bits per heavy atom. The molecule has 0 radical (unpaired) electrons. The summed E-state index contributed by atoms with van der Waals surface area (Å²) in [6.45, 7) is 0. The van der Waals surface area contributed by atoms with E-state index in [-0.39, 0.29) is 11.7 Å². The van der Waals surface area contributed by atoms with Crippen molar-refractivity contribution in [3.63, 3.8) is 0 Å². The Kier molecular flexibility index (Phi) is 2.16. The number of anilines is 1. The van der Waals surface area contributed by atoms with Gasteiger partial charge >= 0.3 is 0 Å². The fourth-order valence-electron chi connectivity index (χ4n) is 1.92. The summed E-state index contributed by atoms with van der Waals surface area (Å²) >= 11 is 0. The molecule has 0 aliphatic rings. The molecule has 0 atom stereocenters. The number of rotatable bonds is 1. The molecule has 0 saturated carbocycles. The third kappa shape index (κ3) is 1.55. The second-order valence-electron chi connectivity index (χ2n) is 3.99. The van der Waals surface area contributed by atoms with Crippen molar-refractivity contribution in [3.8, 4) is 17.0 Å². The van der Waals surface area contributed by atoms with Crippen molar-refractivity contribution in [2.24, 2.45) is 7.05 Å². The van der Waals surface area contributed by atoms with E-state index in [2.05, 4.69) is 15.1 Å². The molecule has 6 heteroatoms. The zero-order valence-electron chi connectivity index (χ0n) is 9.70. The molecule has 0 aliphatic carbocycles. The number of benzene rings is 1. The highest BCUT2D eigenvalue weighted by Gasteiger charge is 2.12. The number of phenolic OH excluding ortho intramolecular Hbond substituents is 1. The Balaban J connectivity index is 2.30. The third-order valence-corrected chi connectivity index (χ3v) is 2.72. The molecule has 3 rings (SSSR count). The number of hydrogen-bond donors (Lipinski definition) is 2. The number of nitrogens with zero attached hydrogens (tertiary/aromatic N) is 4. The van der Waals surface area contributed by atoms with Gasteiger partial charge in [0.25, 0.3) is 0 Å². The molecule has 0 aliphatic heterocycles. The van der Waals surface area contributed by atoms with Crippen LogP contribution in [0.25, 0.3) is 22.3 Å². The highest BCUT2D eigenvalue weighted by Crippen LogP contribution is 2.28. The van der Waals surface area contributed by atoms with E-state index >= 15 is 0 Å². The third-order valence-electron chi connectivity index (χ3n) is 2.72. The lowest BCUT2D eigenvalue weighted by Crippen LogP contribution is -1.97. The number of hydrogen-bond acceptors (Lipinski definition) is 5. The highest BCUT2D eigenvalue weighted by molar-refractivity contribution is 5.91. The fourth-order valence-corrected chi connectivity index (χ4v) is 1.92. The predicted octanol–water partition coefficient (Wildman–Crippen LogP) is 1.32. The zero-order chi connectivity index (χ0) is 12.7. The van der Waals surface area contributed by atoms with Gasteiger partial charge < -0.3 is 10.8 Å². The van der Waals surface area contributed by atoms with Gasteiger partial charge in [-0.15, -0.1) is 0 Å². The molecule has 0 bridgehead atoms. The smallest absolute Gasteiger partial charge is 0.222 e. The second-order valence-corrected chi connectivity index (χ2v) is 3.99. The van der Waals surface area contributed by atoms with E-state index in [4.69, 9.17) is 5.73 Å². The minimum absolute atomic E-state index is 0.197. The van der Waals surface area contributed by atoms with Crippen molar-refractivity contribution >= 4 is 17.0 Å². The van der Waals surface area contributed by atoms with Crippen molar-refractivity contribution in [1.29, 1.82) is 0 Å². The summed E-state index contributed by atoms with van der Waals surface area (Å²) in [6.07, 6.45) is 1.64. The number of fused-ring (bicyclic) bond motifs is 1. The molecule has 0 amide bonds. The van der Waals surface area contributed by atoms with E-state index in [0.717, 1.165) is 16.6 Å². The number of aromatic hydroxyl groups is 1. The maximum absolute atomic E-state index is 9.51. The van der Waals surface area contributed by atoms with Gasteiger partial charge in [-0.1, -0.05) is 12.1 Å². The van der Waals surface area contributed by atoms with Gasteiger partial charge in [-0.25, -0.2) is 9.67 Å². The number of nitrogen functional groups attached to an aromatic ring is 1. The van der Waals surface area contributed by atoms with Crippen LogP contribution >= 0.6 is 0 Å². The van der Waals surface area contributed by atoms with E-state index in [9.17, 15) is 5.11 Å². The minimum Gasteiger partial charge on any atom is -0.508 e. The fraction of sp³-hybridized carbons (Fsp3) is 0.0833. The van der Waals surface area contributed by atoms with Gasteiger partial charge in [0, 0.05) is 18.8 Å². The summed E-state index contributed by atoms with van der Waals surface area (Å²) in [5, 5.41) is 14.7. The molecular formula is C12H11N5O. The van der Waals surface area contributed by atoms with E-state index in [1.807, 2.05) is 6.07 Å². The van der Waals surface area contributed by atoms with Crippen LogP contribution < -0.4 is 5.73 Å². The van der Waals surface area contributed by atoms with Crippen LogP contribution in [-0.4, -0.2) is 24.9 Å². The summed E-state index contributed by atoms with van der Waals surface area (Å²) in [6, 6.07) is 6.91. The maximum Gasteiger partial charge on any atom is 0.222 e. The number of phenols is 1. The van der Waals surface area contributed by atoms with Crippen LogP contribution in [0.15, 0.2) is 30.5 Å². The molecule has 2 aromatic heterocycles. The molecule has 1 aromatic carbocycles. The van der Waals surface area contributed by atoms with Crippen LogP contribution in [0.5, 0.6) is 5.75 Å². The SMILES string of the molecule is Cn1nc(-c2cccc(O)c2)c2cnc(N)nc21. The monoisotopic (exact) mass is 241 g/mol. The number of aryl methyl sites for hydroxylation is 1. The van der Waals surface area contributed by atoms with Crippen LogP contribution in [0.4, 0.5) is 5.95 Å². The summed E-state index contributed by atoms with van der Waals surface area (Å²) in [7, 11) is 1.79.